The Morgan fingerprint density at radius 2 is 2.05 bits per heavy atom. The van der Waals surface area contributed by atoms with Gasteiger partial charge < -0.3 is 14.7 Å². The molecule has 1 unspecified atom stereocenters. The first-order chi connectivity index (χ1) is 10.5. The monoisotopic (exact) mass is 301 g/mol. The molecule has 1 fully saturated rings. The van der Waals surface area contributed by atoms with Crippen molar-refractivity contribution in [1.82, 2.24) is 4.90 Å². The molecular weight excluding hydrogens is 282 g/mol. The standard InChI is InChI=1S/C17H19NO4/c1-3-10-22-15-8-4-13(5-9-15)16(19)18(14-6-7-14)11-12(2)17(20)21/h1,4-5,8-9,12,14H,6-7,10-11H2,2H3,(H,20,21). The van der Waals surface area contributed by atoms with Crippen molar-refractivity contribution in [2.75, 3.05) is 13.2 Å². The van der Waals surface area contributed by atoms with E-state index in [-0.39, 0.29) is 25.1 Å². The van der Waals surface area contributed by atoms with Gasteiger partial charge in [0.2, 0.25) is 0 Å². The number of carbonyl (C=O) groups is 2. The van der Waals surface area contributed by atoms with Crippen LogP contribution in [0.2, 0.25) is 0 Å². The molecule has 2 rings (SSSR count). The Hall–Kier alpha value is -2.48. The lowest BCUT2D eigenvalue weighted by Crippen LogP contribution is -2.38. The predicted molar refractivity (Wildman–Crippen MR) is 81.6 cm³/mol. The highest BCUT2D eigenvalue weighted by Gasteiger charge is 2.34. The highest BCUT2D eigenvalue weighted by Crippen LogP contribution is 2.29. The van der Waals surface area contributed by atoms with E-state index >= 15 is 0 Å². The largest absolute Gasteiger partial charge is 0.481 e. The molecule has 5 heteroatoms. The quantitative estimate of drug-likeness (QED) is 0.783. The lowest BCUT2D eigenvalue weighted by molar-refractivity contribution is -0.141. The molecule has 1 aliphatic carbocycles. The van der Waals surface area contributed by atoms with Gasteiger partial charge in [-0.1, -0.05) is 12.8 Å². The molecule has 0 spiro atoms. The van der Waals surface area contributed by atoms with Crippen molar-refractivity contribution in [3.8, 4) is 18.1 Å². The molecule has 116 valence electrons. The van der Waals surface area contributed by atoms with E-state index in [9.17, 15) is 9.59 Å². The summed E-state index contributed by atoms with van der Waals surface area (Å²) in [6.45, 7) is 2.02. The molecule has 1 saturated carbocycles. The van der Waals surface area contributed by atoms with Gasteiger partial charge in [-0.3, -0.25) is 9.59 Å². The van der Waals surface area contributed by atoms with E-state index in [1.54, 1.807) is 36.1 Å². The molecule has 1 aromatic carbocycles. The van der Waals surface area contributed by atoms with Crippen molar-refractivity contribution >= 4 is 11.9 Å². The van der Waals surface area contributed by atoms with Crippen LogP contribution in [-0.4, -0.2) is 41.1 Å². The zero-order chi connectivity index (χ0) is 16.1. The number of hydrogen-bond donors (Lipinski definition) is 1. The smallest absolute Gasteiger partial charge is 0.308 e. The molecule has 0 bridgehead atoms. The second-order valence-electron chi connectivity index (χ2n) is 5.45. The van der Waals surface area contributed by atoms with Crippen LogP contribution in [0.3, 0.4) is 0 Å². The molecule has 5 nitrogen and oxygen atoms in total. The zero-order valence-corrected chi connectivity index (χ0v) is 12.5. The minimum atomic E-state index is -0.892. The fourth-order valence-corrected chi connectivity index (χ4v) is 2.14. The number of terminal acetylenes is 1. The van der Waals surface area contributed by atoms with Gasteiger partial charge in [0.25, 0.3) is 5.91 Å². The van der Waals surface area contributed by atoms with E-state index in [2.05, 4.69) is 5.92 Å². The molecule has 0 aromatic heterocycles. The lowest BCUT2D eigenvalue weighted by atomic mass is 10.1. The molecule has 1 aromatic rings. The first-order valence-electron chi connectivity index (χ1n) is 7.23. The van der Waals surface area contributed by atoms with E-state index in [1.165, 1.54) is 0 Å². The Kier molecular flexibility index (Phi) is 5.05. The molecule has 22 heavy (non-hydrogen) atoms. The summed E-state index contributed by atoms with van der Waals surface area (Å²) in [5.41, 5.74) is 0.526. The maximum Gasteiger partial charge on any atom is 0.308 e. The Bertz CT molecular complexity index is 584. The van der Waals surface area contributed by atoms with E-state index < -0.39 is 11.9 Å². The summed E-state index contributed by atoms with van der Waals surface area (Å²) in [6, 6.07) is 6.89. The summed E-state index contributed by atoms with van der Waals surface area (Å²) in [5, 5.41) is 9.03. The highest BCUT2D eigenvalue weighted by atomic mass is 16.5. The number of rotatable bonds is 7. The first kappa shape index (κ1) is 15.9. The summed E-state index contributed by atoms with van der Waals surface area (Å²) in [4.78, 5) is 25.2. The van der Waals surface area contributed by atoms with Gasteiger partial charge in [0.05, 0.1) is 5.92 Å². The van der Waals surface area contributed by atoms with Crippen LogP contribution in [0.1, 0.15) is 30.1 Å². The van der Waals surface area contributed by atoms with Gasteiger partial charge >= 0.3 is 5.97 Å². The Morgan fingerprint density at radius 3 is 2.55 bits per heavy atom. The summed E-state index contributed by atoms with van der Waals surface area (Å²) < 4.78 is 5.27. The normalized spacial score (nSPS) is 14.7. The van der Waals surface area contributed by atoms with Gasteiger partial charge in [-0.15, -0.1) is 6.42 Å². The second-order valence-corrected chi connectivity index (χ2v) is 5.45. The van der Waals surface area contributed by atoms with E-state index in [0.717, 1.165) is 12.8 Å². The molecule has 0 radical (unpaired) electrons. The van der Waals surface area contributed by atoms with Crippen molar-refractivity contribution in [2.45, 2.75) is 25.8 Å². The van der Waals surface area contributed by atoms with Crippen molar-refractivity contribution < 1.29 is 19.4 Å². The van der Waals surface area contributed by atoms with Crippen LogP contribution in [0.5, 0.6) is 5.75 Å². The molecule has 1 N–H and O–H groups in total. The maximum absolute atomic E-state index is 12.6. The number of carboxylic acids is 1. The van der Waals surface area contributed by atoms with E-state index in [4.69, 9.17) is 16.3 Å². The van der Waals surface area contributed by atoms with Crippen molar-refractivity contribution in [1.29, 1.82) is 0 Å². The number of nitrogens with zero attached hydrogens (tertiary/aromatic N) is 1. The molecule has 1 amide bonds. The highest BCUT2D eigenvalue weighted by molar-refractivity contribution is 5.95. The Labute approximate surface area is 129 Å². The van der Waals surface area contributed by atoms with Crippen molar-refractivity contribution in [2.24, 2.45) is 5.92 Å². The molecular formula is C17H19NO4. The Balaban J connectivity index is 2.07. The number of carbonyl (C=O) groups excluding carboxylic acids is 1. The van der Waals surface area contributed by atoms with Crippen molar-refractivity contribution in [3.63, 3.8) is 0 Å². The average Bonchev–Trinajstić information content (AvgIpc) is 3.34. The van der Waals surface area contributed by atoms with Gasteiger partial charge in [-0.25, -0.2) is 0 Å². The number of carboxylic acid groups (broad SMARTS) is 1. The van der Waals surface area contributed by atoms with Crippen LogP contribution in [0, 0.1) is 18.3 Å². The van der Waals surface area contributed by atoms with Crippen molar-refractivity contribution in [3.05, 3.63) is 29.8 Å². The molecule has 0 heterocycles. The zero-order valence-electron chi connectivity index (χ0n) is 12.5. The summed E-state index contributed by atoms with van der Waals surface area (Å²) in [5.74, 6) is 1.36. The Morgan fingerprint density at radius 1 is 1.41 bits per heavy atom. The summed E-state index contributed by atoms with van der Waals surface area (Å²) in [7, 11) is 0. The number of hydrogen-bond acceptors (Lipinski definition) is 3. The van der Waals surface area contributed by atoms with E-state index in [1.807, 2.05) is 0 Å². The molecule has 0 aliphatic heterocycles. The van der Waals surface area contributed by atoms with Gasteiger partial charge in [-0.2, -0.15) is 0 Å². The average molecular weight is 301 g/mol. The minimum Gasteiger partial charge on any atom is -0.481 e. The second kappa shape index (κ2) is 6.99. The summed E-state index contributed by atoms with van der Waals surface area (Å²) >= 11 is 0. The van der Waals surface area contributed by atoms with Crippen LogP contribution in [0.4, 0.5) is 0 Å². The maximum atomic E-state index is 12.6. The molecule has 0 saturated heterocycles. The molecule has 1 atom stereocenters. The van der Waals surface area contributed by atoms with Gasteiger partial charge in [0, 0.05) is 18.2 Å². The van der Waals surface area contributed by atoms with Crippen LogP contribution < -0.4 is 4.74 Å². The third-order valence-corrected chi connectivity index (χ3v) is 3.56. The minimum absolute atomic E-state index is 0.140. The number of ether oxygens (including phenoxy) is 1. The fraction of sp³-hybridized carbons (Fsp3) is 0.412. The lowest BCUT2D eigenvalue weighted by Gasteiger charge is -2.24. The van der Waals surface area contributed by atoms with Crippen LogP contribution in [0.25, 0.3) is 0 Å². The van der Waals surface area contributed by atoms with Crippen LogP contribution >= 0.6 is 0 Å². The third kappa shape index (κ3) is 4.01. The number of amides is 1. The predicted octanol–water partition coefficient (Wildman–Crippen LogP) is 2.02. The van der Waals surface area contributed by atoms with E-state index in [0.29, 0.717) is 11.3 Å². The van der Waals surface area contributed by atoms with Crippen LogP contribution in [-0.2, 0) is 4.79 Å². The van der Waals surface area contributed by atoms with Gasteiger partial charge in [0.15, 0.2) is 0 Å². The van der Waals surface area contributed by atoms with Gasteiger partial charge in [-0.05, 0) is 37.1 Å². The fourth-order valence-electron chi connectivity index (χ4n) is 2.14. The van der Waals surface area contributed by atoms with Gasteiger partial charge in [0.1, 0.15) is 12.4 Å². The third-order valence-electron chi connectivity index (χ3n) is 3.56. The topological polar surface area (TPSA) is 66.8 Å². The molecule has 1 aliphatic rings. The number of aliphatic carboxylic acids is 1. The first-order valence-corrected chi connectivity index (χ1v) is 7.23. The van der Waals surface area contributed by atoms with Crippen LogP contribution in [0.15, 0.2) is 24.3 Å². The SMILES string of the molecule is C#CCOc1ccc(C(=O)N(CC(C)C(=O)O)C2CC2)cc1. The summed E-state index contributed by atoms with van der Waals surface area (Å²) in [6.07, 6.45) is 6.99. The number of benzene rings is 1.